The Kier molecular flexibility index (Phi) is 6.88. The van der Waals surface area contributed by atoms with Gasteiger partial charge in [0.25, 0.3) is 5.91 Å². The molecule has 0 saturated heterocycles. The molecule has 0 bridgehead atoms. The summed E-state index contributed by atoms with van der Waals surface area (Å²) in [6.45, 7) is 5.20. The monoisotopic (exact) mass is 305 g/mol. The zero-order chi connectivity index (χ0) is 16.5. The van der Waals surface area contributed by atoms with Crippen LogP contribution in [0.5, 0.6) is 0 Å². The Labute approximate surface area is 130 Å². The van der Waals surface area contributed by atoms with Crippen molar-refractivity contribution in [1.82, 2.24) is 10.6 Å². The van der Waals surface area contributed by atoms with E-state index in [0.717, 1.165) is 12.1 Å². The molecule has 0 fully saturated rings. The number of amides is 2. The average Bonchev–Trinajstić information content (AvgIpc) is 2.49. The highest BCUT2D eigenvalue weighted by atomic mass is 16.2. The van der Waals surface area contributed by atoms with Crippen LogP contribution in [-0.4, -0.2) is 30.9 Å². The highest BCUT2D eigenvalue weighted by molar-refractivity contribution is 5.96. The van der Waals surface area contributed by atoms with Gasteiger partial charge in [0.2, 0.25) is 5.91 Å². The van der Waals surface area contributed by atoms with Gasteiger partial charge < -0.3 is 22.1 Å². The zero-order valence-corrected chi connectivity index (χ0v) is 12.9. The lowest BCUT2D eigenvalue weighted by Gasteiger charge is -2.08. The summed E-state index contributed by atoms with van der Waals surface area (Å²) in [4.78, 5) is 26.5. The molecule has 6 N–H and O–H groups in total. The fourth-order valence-electron chi connectivity index (χ4n) is 1.57. The van der Waals surface area contributed by atoms with Crippen LogP contribution in [-0.2, 0) is 11.3 Å². The van der Waals surface area contributed by atoms with Crippen molar-refractivity contribution in [2.75, 3.05) is 13.1 Å². The Morgan fingerprint density at radius 1 is 1.14 bits per heavy atom. The van der Waals surface area contributed by atoms with Crippen molar-refractivity contribution in [3.8, 4) is 0 Å². The Morgan fingerprint density at radius 2 is 1.77 bits per heavy atom. The number of benzene rings is 1. The predicted molar refractivity (Wildman–Crippen MR) is 86.1 cm³/mol. The molecule has 0 aliphatic heterocycles. The summed E-state index contributed by atoms with van der Waals surface area (Å²) in [5.74, 6) is -0.0282. The van der Waals surface area contributed by atoms with Crippen LogP contribution in [0, 0.1) is 5.92 Å². The van der Waals surface area contributed by atoms with Gasteiger partial charge in [-0.1, -0.05) is 26.0 Å². The van der Waals surface area contributed by atoms with Crippen molar-refractivity contribution in [2.24, 2.45) is 22.4 Å². The van der Waals surface area contributed by atoms with Gasteiger partial charge in [-0.25, -0.2) is 4.99 Å². The first-order valence-electron chi connectivity index (χ1n) is 7.07. The Bertz CT molecular complexity index is 537. The first-order chi connectivity index (χ1) is 10.4. The van der Waals surface area contributed by atoms with E-state index in [9.17, 15) is 9.59 Å². The molecule has 1 rings (SSSR count). The second kappa shape index (κ2) is 8.66. The van der Waals surface area contributed by atoms with Crippen molar-refractivity contribution < 1.29 is 9.59 Å². The number of hydrogen-bond acceptors (Lipinski definition) is 3. The van der Waals surface area contributed by atoms with Crippen molar-refractivity contribution in [1.29, 1.82) is 0 Å². The lowest BCUT2D eigenvalue weighted by atomic mass is 10.1. The Hall–Kier alpha value is -2.57. The van der Waals surface area contributed by atoms with E-state index in [1.807, 2.05) is 0 Å². The Balaban J connectivity index is 2.52. The number of guanidine groups is 1. The van der Waals surface area contributed by atoms with Gasteiger partial charge in [-0.3, -0.25) is 9.59 Å². The second-order valence-electron chi connectivity index (χ2n) is 5.32. The smallest absolute Gasteiger partial charge is 0.251 e. The molecule has 7 nitrogen and oxygen atoms in total. The molecular weight excluding hydrogens is 282 g/mol. The number of nitrogens with one attached hydrogen (secondary N) is 2. The van der Waals surface area contributed by atoms with Crippen molar-refractivity contribution in [2.45, 2.75) is 20.4 Å². The van der Waals surface area contributed by atoms with Gasteiger partial charge in [-0.05, 0) is 23.6 Å². The lowest BCUT2D eigenvalue weighted by Crippen LogP contribution is -2.34. The van der Waals surface area contributed by atoms with Crippen LogP contribution in [0.25, 0.3) is 0 Å². The van der Waals surface area contributed by atoms with Crippen molar-refractivity contribution in [3.05, 3.63) is 35.4 Å². The minimum Gasteiger partial charge on any atom is -0.370 e. The van der Waals surface area contributed by atoms with Crippen LogP contribution in [0.3, 0.4) is 0 Å². The van der Waals surface area contributed by atoms with Crippen LogP contribution in [0.2, 0.25) is 0 Å². The maximum Gasteiger partial charge on any atom is 0.251 e. The molecule has 7 heteroatoms. The molecule has 1 aromatic rings. The molecule has 0 spiro atoms. The van der Waals surface area contributed by atoms with Crippen LogP contribution in [0.4, 0.5) is 0 Å². The SMILES string of the molecule is CC(C)CNC(N)=NCc1ccc(C(=O)NCC(N)=O)cc1. The summed E-state index contributed by atoms with van der Waals surface area (Å²) >= 11 is 0. The number of nitrogens with two attached hydrogens (primary N) is 2. The number of nitrogens with zero attached hydrogens (tertiary/aromatic N) is 1. The first-order valence-corrected chi connectivity index (χ1v) is 7.07. The minimum absolute atomic E-state index is 0.178. The summed E-state index contributed by atoms with van der Waals surface area (Å²) < 4.78 is 0. The summed E-state index contributed by atoms with van der Waals surface area (Å²) in [7, 11) is 0. The van der Waals surface area contributed by atoms with Crippen molar-refractivity contribution >= 4 is 17.8 Å². The van der Waals surface area contributed by atoms with Crippen molar-refractivity contribution in [3.63, 3.8) is 0 Å². The van der Waals surface area contributed by atoms with E-state index >= 15 is 0 Å². The fourth-order valence-corrected chi connectivity index (χ4v) is 1.57. The van der Waals surface area contributed by atoms with E-state index in [2.05, 4.69) is 29.5 Å². The molecule has 0 unspecified atom stereocenters. The van der Waals surface area contributed by atoms with Gasteiger partial charge >= 0.3 is 0 Å². The largest absolute Gasteiger partial charge is 0.370 e. The molecule has 0 heterocycles. The summed E-state index contributed by atoms with van der Waals surface area (Å²) in [6, 6.07) is 6.91. The van der Waals surface area contributed by atoms with Gasteiger partial charge in [0.1, 0.15) is 0 Å². The van der Waals surface area contributed by atoms with Gasteiger partial charge in [0.05, 0.1) is 13.1 Å². The van der Waals surface area contributed by atoms with E-state index < -0.39 is 5.91 Å². The van der Waals surface area contributed by atoms with Crippen LogP contribution in [0.15, 0.2) is 29.3 Å². The summed E-state index contributed by atoms with van der Waals surface area (Å²) in [5.41, 5.74) is 12.1. The highest BCUT2D eigenvalue weighted by Gasteiger charge is 2.06. The topological polar surface area (TPSA) is 123 Å². The molecule has 120 valence electrons. The standard InChI is InChI=1S/C15H23N5O2/c1-10(2)7-19-15(17)20-8-11-3-5-12(6-4-11)14(22)18-9-13(16)21/h3-6,10H,7-9H2,1-2H3,(H2,16,21)(H,18,22)(H3,17,19,20). The third kappa shape index (κ3) is 6.74. The first kappa shape index (κ1) is 17.5. The molecule has 22 heavy (non-hydrogen) atoms. The maximum absolute atomic E-state index is 11.7. The van der Waals surface area contributed by atoms with Gasteiger partial charge in [0.15, 0.2) is 5.96 Å². The van der Waals surface area contributed by atoms with E-state index in [-0.39, 0.29) is 12.5 Å². The van der Waals surface area contributed by atoms with E-state index in [1.54, 1.807) is 24.3 Å². The normalized spacial score (nSPS) is 11.3. The quantitative estimate of drug-likeness (QED) is 0.417. The third-order valence-electron chi connectivity index (χ3n) is 2.76. The zero-order valence-electron chi connectivity index (χ0n) is 12.9. The second-order valence-corrected chi connectivity index (χ2v) is 5.32. The maximum atomic E-state index is 11.7. The molecule has 1 aromatic carbocycles. The summed E-state index contributed by atoms with van der Waals surface area (Å²) in [5, 5.41) is 5.45. The average molecular weight is 305 g/mol. The number of aliphatic imine (C=N–C) groups is 1. The molecular formula is C15H23N5O2. The lowest BCUT2D eigenvalue weighted by molar-refractivity contribution is -0.117. The van der Waals surface area contributed by atoms with E-state index in [1.165, 1.54) is 0 Å². The molecule has 0 aromatic heterocycles. The molecule has 0 saturated carbocycles. The number of rotatable bonds is 7. The number of hydrogen-bond donors (Lipinski definition) is 4. The highest BCUT2D eigenvalue weighted by Crippen LogP contribution is 2.05. The van der Waals surface area contributed by atoms with E-state index in [4.69, 9.17) is 11.5 Å². The molecule has 0 aliphatic carbocycles. The van der Waals surface area contributed by atoms with Gasteiger partial charge in [-0.15, -0.1) is 0 Å². The van der Waals surface area contributed by atoms with Crippen LogP contribution < -0.4 is 22.1 Å². The summed E-state index contributed by atoms with van der Waals surface area (Å²) in [6.07, 6.45) is 0. The van der Waals surface area contributed by atoms with Crippen LogP contribution >= 0.6 is 0 Å². The van der Waals surface area contributed by atoms with Gasteiger partial charge in [-0.2, -0.15) is 0 Å². The number of carbonyl (C=O) groups is 2. The Morgan fingerprint density at radius 3 is 2.32 bits per heavy atom. The minimum atomic E-state index is -0.580. The third-order valence-corrected chi connectivity index (χ3v) is 2.76. The molecule has 2 amide bonds. The van der Waals surface area contributed by atoms with Crippen LogP contribution in [0.1, 0.15) is 29.8 Å². The molecule has 0 aliphatic rings. The number of carbonyl (C=O) groups excluding carboxylic acids is 2. The number of primary amides is 1. The molecule has 0 radical (unpaired) electrons. The predicted octanol–water partition coefficient (Wildman–Crippen LogP) is -0.0380. The fraction of sp³-hybridized carbons (Fsp3) is 0.400. The van der Waals surface area contributed by atoms with Gasteiger partial charge in [0, 0.05) is 12.1 Å². The van der Waals surface area contributed by atoms with E-state index in [0.29, 0.717) is 24.0 Å². The molecule has 0 atom stereocenters.